The van der Waals surface area contributed by atoms with Crippen LogP contribution in [0.25, 0.3) is 0 Å². The van der Waals surface area contributed by atoms with Crippen molar-refractivity contribution in [3.05, 3.63) is 12.2 Å². The molecule has 10 aliphatic rings. The molecule has 5 aliphatic heterocycles. The van der Waals surface area contributed by atoms with Crippen LogP contribution >= 0.6 is 0 Å². The monoisotopic (exact) mass is 924 g/mol. The summed E-state index contributed by atoms with van der Waals surface area (Å²) in [6.45, 7) is 16.0. The van der Waals surface area contributed by atoms with Gasteiger partial charge in [0.1, 0.15) is 73.2 Å². The molecule has 0 aromatic heterocycles. The minimum Gasteiger partial charge on any atom is -0.455 e. The summed E-state index contributed by atoms with van der Waals surface area (Å²) in [6, 6.07) is 0. The first-order chi connectivity index (χ1) is 30.6. The van der Waals surface area contributed by atoms with Crippen LogP contribution < -0.4 is 0 Å². The maximum Gasteiger partial charge on any atom is 0.313 e. The summed E-state index contributed by atoms with van der Waals surface area (Å²) in [5, 5.41) is 96.7. The first-order valence-electron chi connectivity index (χ1n) is 24.0. The van der Waals surface area contributed by atoms with Crippen molar-refractivity contribution in [3.63, 3.8) is 0 Å². The second-order valence-electron chi connectivity index (χ2n) is 23.0. The van der Waals surface area contributed by atoms with Crippen molar-refractivity contribution in [1.29, 1.82) is 0 Å². The molecule has 0 radical (unpaired) electrons. The van der Waals surface area contributed by atoms with E-state index in [9.17, 15) is 50.8 Å². The third-order valence-electron chi connectivity index (χ3n) is 19.9. The lowest BCUT2D eigenvalue weighted by Gasteiger charge is -2.72. The molecule has 1 spiro atoms. The zero-order chi connectivity index (χ0) is 46.7. The van der Waals surface area contributed by atoms with Crippen molar-refractivity contribution < 1.29 is 88.6 Å². The topological polar surface area (TPSA) is 276 Å². The highest BCUT2D eigenvalue weighted by atomic mass is 16.8. The normalized spacial score (nSPS) is 59.0. The molecule has 10 rings (SSSR count). The SMILES string of the molecule is C=C1CC[C@@]23CC[C@]4(C)[C@](OC2=O)([C@H]2O[C@H]2[C@@H]2[C@@]5(C)CC[C@H](O[C@@H]6O[C@H](CO)[C@@H](O)[C@H](O[C@@H]7O[C@H](CO)[C@@H](O)[C@H](O)[C@H]7O)[C@H]6O[C@@H]6O[C@@H](C)[C@H](O)[C@@H](O)[C@H]6O)C(C)(C)[C@H]5CC[C@]24C)[C@H]3C1. The molecule has 2 bridgehead atoms. The van der Waals surface area contributed by atoms with E-state index in [2.05, 4.69) is 41.2 Å². The first kappa shape index (κ1) is 47.3. The van der Waals surface area contributed by atoms with Crippen molar-refractivity contribution >= 4 is 5.97 Å². The van der Waals surface area contributed by atoms with Crippen LogP contribution in [0.5, 0.6) is 0 Å². The standard InChI is InChI=1S/C47H72O18/c1-19-8-13-46-15-14-45(7)44(6)12-9-23-42(3,4)25(10-11-43(23,5)36(44)35-37(62-35)47(45,24(46)16-19)65-41(46)57)61-40-34(64-38-31(55)29(53)26(50)20(2)58-38)33(28(52)22(18-49)60-40)63-39-32(56)30(54)27(51)21(17-48)59-39/h20-40,48-56H,1,8-18H2,2-7H3/t20-,21+,22+,23+,24-,25-,26-,27+,28+,29+,30-,31+,32+,33-,34+,35-,36+,37-,38-,39-,40-,43-,44+,45-,46-,47+/m0/s1. The van der Waals surface area contributed by atoms with Crippen LogP contribution in [0.4, 0.5) is 0 Å². The molecule has 65 heavy (non-hydrogen) atoms. The molecule has 0 aromatic carbocycles. The minimum atomic E-state index is -1.87. The molecule has 0 unspecified atom stereocenters. The maximum atomic E-state index is 14.1. The van der Waals surface area contributed by atoms with E-state index in [1.807, 2.05) is 0 Å². The van der Waals surface area contributed by atoms with Gasteiger partial charge in [-0.15, -0.1) is 0 Å². The van der Waals surface area contributed by atoms with E-state index < -0.39 is 128 Å². The molecule has 5 aliphatic carbocycles. The van der Waals surface area contributed by atoms with Gasteiger partial charge < -0.3 is 83.9 Å². The Morgan fingerprint density at radius 2 is 1.29 bits per heavy atom. The van der Waals surface area contributed by atoms with E-state index in [0.717, 1.165) is 51.4 Å². The van der Waals surface area contributed by atoms with Crippen LogP contribution in [0.1, 0.15) is 99.3 Å². The van der Waals surface area contributed by atoms with E-state index in [-0.39, 0.29) is 52.2 Å². The second-order valence-corrected chi connectivity index (χ2v) is 23.0. The van der Waals surface area contributed by atoms with Gasteiger partial charge in [0.25, 0.3) is 0 Å². The maximum absolute atomic E-state index is 14.1. The number of aliphatic hydroxyl groups excluding tert-OH is 9. The second kappa shape index (κ2) is 15.8. The van der Waals surface area contributed by atoms with Crippen molar-refractivity contribution in [3.8, 4) is 0 Å². The molecule has 368 valence electrons. The first-order valence-corrected chi connectivity index (χ1v) is 24.0. The predicted molar refractivity (Wildman–Crippen MR) is 222 cm³/mol. The number of hydrogen-bond donors (Lipinski definition) is 9. The van der Waals surface area contributed by atoms with E-state index in [4.69, 9.17) is 37.9 Å². The number of aliphatic hydroxyl groups is 9. The van der Waals surface area contributed by atoms with Gasteiger partial charge in [-0.25, -0.2) is 0 Å². The molecule has 9 N–H and O–H groups in total. The summed E-state index contributed by atoms with van der Waals surface area (Å²) < 4.78 is 51.1. The highest BCUT2D eigenvalue weighted by Crippen LogP contribution is 2.83. The Balaban J connectivity index is 0.952. The average molecular weight is 925 g/mol. The van der Waals surface area contributed by atoms with E-state index in [1.165, 1.54) is 12.5 Å². The molecular formula is C47H72O18. The Labute approximate surface area is 379 Å². The molecule has 5 saturated carbocycles. The number of carbonyl (C=O) groups is 1. The Kier molecular flexibility index (Phi) is 11.5. The summed E-state index contributed by atoms with van der Waals surface area (Å²) in [4.78, 5) is 14.1. The van der Waals surface area contributed by atoms with Crippen LogP contribution in [0.2, 0.25) is 0 Å². The summed E-state index contributed by atoms with van der Waals surface area (Å²) >= 11 is 0. The average Bonchev–Trinajstić information content (AvgIpc) is 4.02. The number of rotatable bonds is 8. The largest absolute Gasteiger partial charge is 0.455 e. The quantitative estimate of drug-likeness (QED) is 0.0667. The van der Waals surface area contributed by atoms with Crippen molar-refractivity contribution in [2.24, 2.45) is 44.8 Å². The highest BCUT2D eigenvalue weighted by Gasteiger charge is 2.89. The molecule has 26 atom stereocenters. The summed E-state index contributed by atoms with van der Waals surface area (Å²) in [6.07, 6.45) is -17.4. The van der Waals surface area contributed by atoms with Crippen molar-refractivity contribution in [2.45, 2.75) is 215 Å². The van der Waals surface area contributed by atoms with Gasteiger partial charge in [-0.1, -0.05) is 46.8 Å². The van der Waals surface area contributed by atoms with Crippen molar-refractivity contribution in [2.75, 3.05) is 13.2 Å². The van der Waals surface area contributed by atoms with Gasteiger partial charge in [0.05, 0.1) is 36.9 Å². The van der Waals surface area contributed by atoms with E-state index >= 15 is 0 Å². The van der Waals surface area contributed by atoms with Gasteiger partial charge in [0.15, 0.2) is 24.5 Å². The lowest BCUT2D eigenvalue weighted by atomic mass is 9.31. The fourth-order valence-electron chi connectivity index (χ4n) is 16.2. The van der Waals surface area contributed by atoms with Crippen LogP contribution in [0, 0.1) is 44.8 Å². The third kappa shape index (κ3) is 6.32. The number of esters is 1. The van der Waals surface area contributed by atoms with E-state index in [1.54, 1.807) is 0 Å². The molecule has 18 heteroatoms. The number of carbonyl (C=O) groups excluding carboxylic acids is 1. The Morgan fingerprint density at radius 3 is 1.98 bits per heavy atom. The van der Waals surface area contributed by atoms with Crippen LogP contribution in [-0.2, 0) is 42.7 Å². The number of fused-ring (bicyclic) bond motifs is 6. The Bertz CT molecular complexity index is 1870. The van der Waals surface area contributed by atoms with Crippen molar-refractivity contribution in [1.82, 2.24) is 0 Å². The van der Waals surface area contributed by atoms with Crippen LogP contribution in [0.3, 0.4) is 0 Å². The van der Waals surface area contributed by atoms with E-state index in [0.29, 0.717) is 6.42 Å². The molecule has 5 heterocycles. The fraction of sp³-hybridized carbons (Fsp3) is 0.936. The molecule has 5 saturated heterocycles. The van der Waals surface area contributed by atoms with Gasteiger partial charge in [-0.2, -0.15) is 0 Å². The molecule has 0 aromatic rings. The molecule has 10 fully saturated rings. The van der Waals surface area contributed by atoms with Crippen LogP contribution in [-0.4, -0.2) is 181 Å². The zero-order valence-corrected chi connectivity index (χ0v) is 38.3. The van der Waals surface area contributed by atoms with Gasteiger partial charge in [-0.3, -0.25) is 4.79 Å². The smallest absolute Gasteiger partial charge is 0.313 e. The highest BCUT2D eigenvalue weighted by molar-refractivity contribution is 5.82. The number of hydrogen-bond acceptors (Lipinski definition) is 18. The Morgan fingerprint density at radius 1 is 0.662 bits per heavy atom. The van der Waals surface area contributed by atoms with Gasteiger partial charge >= 0.3 is 5.97 Å². The predicted octanol–water partition coefficient (Wildman–Crippen LogP) is -0.0743. The minimum absolute atomic E-state index is 0.0403. The summed E-state index contributed by atoms with van der Waals surface area (Å²) in [5.41, 5.74) is -1.35. The Hall–Kier alpha value is -1.43. The van der Waals surface area contributed by atoms with Gasteiger partial charge in [0.2, 0.25) is 0 Å². The molecule has 0 amide bonds. The molecular weight excluding hydrogens is 852 g/mol. The van der Waals surface area contributed by atoms with Gasteiger partial charge in [0, 0.05) is 11.3 Å². The summed E-state index contributed by atoms with van der Waals surface area (Å²) in [5.74, 6) is 0.236. The summed E-state index contributed by atoms with van der Waals surface area (Å²) in [7, 11) is 0. The fourth-order valence-corrected chi connectivity index (χ4v) is 16.2. The van der Waals surface area contributed by atoms with Gasteiger partial charge in [-0.05, 0) is 92.8 Å². The lowest BCUT2D eigenvalue weighted by molar-refractivity contribution is -0.398. The zero-order valence-electron chi connectivity index (χ0n) is 38.3. The van der Waals surface area contributed by atoms with Crippen LogP contribution in [0.15, 0.2) is 12.2 Å². The lowest BCUT2D eigenvalue weighted by Crippen LogP contribution is -2.74. The number of allylic oxidation sites excluding steroid dienone is 1. The number of epoxide rings is 1. The molecule has 18 nitrogen and oxygen atoms in total. The third-order valence-corrected chi connectivity index (χ3v) is 19.9. The number of ether oxygens (including phenoxy) is 8.